The van der Waals surface area contributed by atoms with Gasteiger partial charge in [0.25, 0.3) is 5.56 Å². The van der Waals surface area contributed by atoms with Crippen LogP contribution in [0.5, 0.6) is 5.75 Å². The van der Waals surface area contributed by atoms with Crippen LogP contribution in [0.4, 0.5) is 5.82 Å². The topological polar surface area (TPSA) is 95.1 Å². The second-order valence-electron chi connectivity index (χ2n) is 7.08. The number of nitrogens with zero attached hydrogens (tertiary/aromatic N) is 3. The molecule has 0 atom stereocenters. The Morgan fingerprint density at radius 3 is 2.50 bits per heavy atom. The summed E-state index contributed by atoms with van der Waals surface area (Å²) >= 11 is 12.1. The van der Waals surface area contributed by atoms with Gasteiger partial charge in [-0.15, -0.1) is 0 Å². The van der Waals surface area contributed by atoms with Crippen LogP contribution in [0, 0.1) is 0 Å². The maximum absolute atomic E-state index is 13.2. The molecule has 4 aromatic rings. The zero-order valence-corrected chi connectivity index (χ0v) is 18.8. The lowest BCUT2D eigenvalue weighted by atomic mass is 10.1. The van der Waals surface area contributed by atoms with E-state index in [-0.39, 0.29) is 5.56 Å². The largest absolute Gasteiger partial charge is 0.497 e. The molecule has 4 rings (SSSR count). The minimum atomic E-state index is -0.248. The third-order valence-corrected chi connectivity index (χ3v) is 5.70. The average molecular weight is 470 g/mol. The van der Waals surface area contributed by atoms with Gasteiger partial charge in [-0.3, -0.25) is 9.36 Å². The molecule has 0 bridgehead atoms. The van der Waals surface area contributed by atoms with Crippen LogP contribution in [0.2, 0.25) is 10.0 Å². The predicted octanol–water partition coefficient (Wildman–Crippen LogP) is 4.34. The zero-order valence-electron chi connectivity index (χ0n) is 17.3. The summed E-state index contributed by atoms with van der Waals surface area (Å²) in [7, 11) is 1.59. The summed E-state index contributed by atoms with van der Waals surface area (Å²) in [6.07, 6.45) is 0. The molecule has 0 saturated carbocycles. The summed E-state index contributed by atoms with van der Waals surface area (Å²) in [5.74, 6) is 1.31. The van der Waals surface area contributed by atoms with E-state index in [4.69, 9.17) is 33.7 Å². The van der Waals surface area contributed by atoms with Gasteiger partial charge in [-0.05, 0) is 54.1 Å². The van der Waals surface area contributed by atoms with Crippen LogP contribution in [-0.4, -0.2) is 28.2 Å². The average Bonchev–Trinajstić information content (AvgIpc) is 2.81. The Hall–Kier alpha value is -3.13. The van der Waals surface area contributed by atoms with Gasteiger partial charge in [0, 0.05) is 25.2 Å². The fourth-order valence-electron chi connectivity index (χ4n) is 3.33. The van der Waals surface area contributed by atoms with Crippen LogP contribution in [0.25, 0.3) is 22.4 Å². The van der Waals surface area contributed by atoms with Crippen molar-refractivity contribution in [2.24, 2.45) is 5.73 Å². The van der Waals surface area contributed by atoms with Crippen LogP contribution in [-0.2, 0) is 13.1 Å². The first-order valence-corrected chi connectivity index (χ1v) is 10.7. The first-order valence-electron chi connectivity index (χ1n) is 9.94. The molecular formula is C23H21Cl2N5O2. The monoisotopic (exact) mass is 469 g/mol. The SMILES string of the molecule is COc1ccc(-c2nc3ccc(NCc4ccc(Cl)c(Cl)c4)nc3n(CCN)c2=O)cc1. The van der Waals surface area contributed by atoms with Crippen LogP contribution in [0.3, 0.4) is 0 Å². The van der Waals surface area contributed by atoms with E-state index in [9.17, 15) is 4.79 Å². The maximum Gasteiger partial charge on any atom is 0.278 e. The minimum absolute atomic E-state index is 0.248. The molecule has 164 valence electrons. The number of halogens is 2. The lowest BCUT2D eigenvalue weighted by Crippen LogP contribution is -2.27. The van der Waals surface area contributed by atoms with Gasteiger partial charge in [0.2, 0.25) is 0 Å². The van der Waals surface area contributed by atoms with Crippen molar-refractivity contribution in [2.75, 3.05) is 19.0 Å². The van der Waals surface area contributed by atoms with Crippen molar-refractivity contribution in [3.05, 3.63) is 80.6 Å². The number of rotatable bonds is 7. The molecular weight excluding hydrogens is 449 g/mol. The number of anilines is 1. The fourth-order valence-corrected chi connectivity index (χ4v) is 3.65. The third-order valence-electron chi connectivity index (χ3n) is 4.96. The summed E-state index contributed by atoms with van der Waals surface area (Å²) in [6.45, 7) is 1.11. The molecule has 0 saturated heterocycles. The Bertz CT molecular complexity index is 1320. The van der Waals surface area contributed by atoms with Gasteiger partial charge in [-0.2, -0.15) is 0 Å². The molecule has 0 aliphatic carbocycles. The maximum atomic E-state index is 13.2. The lowest BCUT2D eigenvalue weighted by Gasteiger charge is -2.13. The Morgan fingerprint density at radius 2 is 1.81 bits per heavy atom. The highest BCUT2D eigenvalue weighted by molar-refractivity contribution is 6.42. The van der Waals surface area contributed by atoms with E-state index in [0.29, 0.717) is 63.7 Å². The van der Waals surface area contributed by atoms with E-state index in [1.807, 2.05) is 30.3 Å². The molecule has 2 aromatic carbocycles. The number of methoxy groups -OCH3 is 1. The van der Waals surface area contributed by atoms with Crippen LogP contribution >= 0.6 is 23.2 Å². The molecule has 3 N–H and O–H groups in total. The van der Waals surface area contributed by atoms with Crippen molar-refractivity contribution in [2.45, 2.75) is 13.1 Å². The molecule has 0 unspecified atom stereocenters. The summed E-state index contributed by atoms with van der Waals surface area (Å²) in [5.41, 5.74) is 8.60. The minimum Gasteiger partial charge on any atom is -0.497 e. The number of pyridine rings is 1. The number of fused-ring (bicyclic) bond motifs is 1. The van der Waals surface area contributed by atoms with Crippen molar-refractivity contribution in [1.29, 1.82) is 0 Å². The second-order valence-corrected chi connectivity index (χ2v) is 7.89. The molecule has 9 heteroatoms. The molecule has 32 heavy (non-hydrogen) atoms. The van der Waals surface area contributed by atoms with Gasteiger partial charge in [0.05, 0.1) is 17.2 Å². The highest BCUT2D eigenvalue weighted by Gasteiger charge is 2.14. The number of hydrogen-bond donors (Lipinski definition) is 2. The number of hydrogen-bond acceptors (Lipinski definition) is 6. The van der Waals surface area contributed by atoms with Gasteiger partial charge in [-0.1, -0.05) is 29.3 Å². The van der Waals surface area contributed by atoms with Crippen molar-refractivity contribution in [1.82, 2.24) is 14.5 Å². The lowest BCUT2D eigenvalue weighted by molar-refractivity contribution is 0.415. The van der Waals surface area contributed by atoms with Crippen LogP contribution < -0.4 is 21.3 Å². The molecule has 0 amide bonds. The normalized spacial score (nSPS) is 11.0. The van der Waals surface area contributed by atoms with E-state index in [1.165, 1.54) is 0 Å². The fraction of sp³-hybridized carbons (Fsp3) is 0.174. The first-order chi connectivity index (χ1) is 15.5. The Morgan fingerprint density at radius 1 is 1.03 bits per heavy atom. The van der Waals surface area contributed by atoms with Gasteiger partial charge in [-0.25, -0.2) is 9.97 Å². The molecule has 0 spiro atoms. The first kappa shape index (κ1) is 22.1. The number of nitrogens with two attached hydrogens (primary N) is 1. The standard InChI is InChI=1S/C23H21Cl2N5O2/c1-32-16-5-3-15(4-6-16)21-23(31)30(11-10-26)22-19(28-21)8-9-20(29-22)27-13-14-2-7-17(24)18(25)12-14/h2-9,12H,10-11,13,26H2,1H3,(H,27,29). The van der Waals surface area contributed by atoms with Gasteiger partial charge < -0.3 is 15.8 Å². The van der Waals surface area contributed by atoms with Crippen molar-refractivity contribution < 1.29 is 4.74 Å². The van der Waals surface area contributed by atoms with E-state index >= 15 is 0 Å². The Kier molecular flexibility index (Phi) is 6.60. The molecule has 2 heterocycles. The Labute approximate surface area is 194 Å². The molecule has 2 aromatic heterocycles. The van der Waals surface area contributed by atoms with E-state index < -0.39 is 0 Å². The highest BCUT2D eigenvalue weighted by Crippen LogP contribution is 2.24. The molecule has 0 aliphatic rings. The predicted molar refractivity (Wildman–Crippen MR) is 129 cm³/mol. The van der Waals surface area contributed by atoms with Crippen molar-refractivity contribution in [3.63, 3.8) is 0 Å². The molecule has 0 aliphatic heterocycles. The molecule has 0 radical (unpaired) electrons. The van der Waals surface area contributed by atoms with Gasteiger partial charge in [0.1, 0.15) is 22.8 Å². The van der Waals surface area contributed by atoms with E-state index in [2.05, 4.69) is 15.3 Å². The quantitative estimate of drug-likeness (QED) is 0.417. The number of aromatic nitrogens is 3. The van der Waals surface area contributed by atoms with Crippen LogP contribution in [0.1, 0.15) is 5.56 Å². The van der Waals surface area contributed by atoms with Crippen molar-refractivity contribution in [3.8, 4) is 17.0 Å². The van der Waals surface area contributed by atoms with Gasteiger partial charge >= 0.3 is 0 Å². The van der Waals surface area contributed by atoms with E-state index in [0.717, 1.165) is 5.56 Å². The summed E-state index contributed by atoms with van der Waals surface area (Å²) in [5, 5.41) is 4.24. The third kappa shape index (κ3) is 4.55. The number of benzene rings is 2. The second kappa shape index (κ2) is 9.56. The van der Waals surface area contributed by atoms with Gasteiger partial charge in [0.15, 0.2) is 5.65 Å². The molecule has 0 fully saturated rings. The van der Waals surface area contributed by atoms with Crippen molar-refractivity contribution >= 4 is 40.2 Å². The summed E-state index contributed by atoms with van der Waals surface area (Å²) in [6, 6.07) is 16.3. The van der Waals surface area contributed by atoms with Crippen LogP contribution in [0.15, 0.2) is 59.4 Å². The summed E-state index contributed by atoms with van der Waals surface area (Å²) < 4.78 is 6.76. The Balaban J connectivity index is 1.70. The zero-order chi connectivity index (χ0) is 22.7. The highest BCUT2D eigenvalue weighted by atomic mass is 35.5. The van der Waals surface area contributed by atoms with E-state index in [1.54, 1.807) is 35.9 Å². The summed E-state index contributed by atoms with van der Waals surface area (Å²) in [4.78, 5) is 22.4. The number of ether oxygens (including phenoxy) is 1. The smallest absolute Gasteiger partial charge is 0.278 e. The molecule has 7 nitrogen and oxygen atoms in total. The number of nitrogens with one attached hydrogen (secondary N) is 1.